The van der Waals surface area contributed by atoms with E-state index in [1.165, 1.54) is 0 Å². The molecule has 66 valence electrons. The summed E-state index contributed by atoms with van der Waals surface area (Å²) in [6, 6.07) is 0. The average Bonchev–Trinajstić information content (AvgIpc) is 2.57. The van der Waals surface area contributed by atoms with Crippen LogP contribution in [0.2, 0.25) is 0 Å². The van der Waals surface area contributed by atoms with Crippen LogP contribution < -0.4 is 0 Å². The molecule has 1 aliphatic rings. The Morgan fingerprint density at radius 1 is 1.50 bits per heavy atom. The second-order valence-corrected chi connectivity index (χ2v) is 2.51. The van der Waals surface area contributed by atoms with E-state index >= 15 is 0 Å². The average molecular weight is 165 g/mol. The van der Waals surface area contributed by atoms with E-state index in [2.05, 4.69) is 16.7 Å². The molecule has 1 aromatic heterocycles. The molecule has 0 unspecified atom stereocenters. The molecule has 0 atom stereocenters. The first-order chi connectivity index (χ1) is 5.88. The van der Waals surface area contributed by atoms with E-state index in [9.17, 15) is 0 Å². The quantitative estimate of drug-likeness (QED) is 0.589. The molecule has 0 N–H and O–H groups in total. The Morgan fingerprint density at radius 2 is 2.25 bits per heavy atom. The molecule has 0 saturated carbocycles. The van der Waals surface area contributed by atoms with Crippen LogP contribution in [-0.2, 0) is 6.54 Å². The maximum Gasteiger partial charge on any atom is 0.153 e. The number of hydrogen-bond donors (Lipinski definition) is 0. The van der Waals surface area contributed by atoms with Gasteiger partial charge in [-0.2, -0.15) is 5.10 Å². The molecule has 1 aliphatic heterocycles. The monoisotopic (exact) mass is 165 g/mol. The molecule has 0 aliphatic carbocycles. The van der Waals surface area contributed by atoms with Gasteiger partial charge in [0.15, 0.2) is 5.82 Å². The molecule has 0 amide bonds. The molecule has 0 saturated heterocycles. The van der Waals surface area contributed by atoms with Crippen LogP contribution in [0.15, 0.2) is 12.9 Å². The van der Waals surface area contributed by atoms with E-state index in [0.717, 1.165) is 30.8 Å². The van der Waals surface area contributed by atoms with Gasteiger partial charge < -0.3 is 0 Å². The highest BCUT2D eigenvalue weighted by Gasteiger charge is 2.12. The Labute approximate surface area is 73.1 Å². The normalized spacial score (nSPS) is 14.7. The summed E-state index contributed by atoms with van der Waals surface area (Å²) >= 11 is 0. The number of aryl methyl sites for hydroxylation is 1. The Bertz CT molecular complexity index is 262. The van der Waals surface area contributed by atoms with Crippen molar-refractivity contribution in [3.8, 4) is 0 Å². The van der Waals surface area contributed by atoms with Crippen molar-refractivity contribution < 1.29 is 0 Å². The number of nitrogens with zero attached hydrogens (tertiary/aromatic N) is 3. The SMILES string of the molecule is C=C1CCCn2ncnc21.CC. The molecule has 0 bridgehead atoms. The molecule has 0 spiro atoms. The minimum atomic E-state index is 0.964. The lowest BCUT2D eigenvalue weighted by Gasteiger charge is -2.12. The molecule has 3 nitrogen and oxygen atoms in total. The van der Waals surface area contributed by atoms with E-state index in [1.807, 2.05) is 18.5 Å². The summed E-state index contributed by atoms with van der Waals surface area (Å²) in [4.78, 5) is 4.09. The number of aromatic nitrogens is 3. The Morgan fingerprint density at radius 3 is 2.92 bits per heavy atom. The van der Waals surface area contributed by atoms with Crippen LogP contribution in [-0.4, -0.2) is 14.8 Å². The lowest BCUT2D eigenvalue weighted by atomic mass is 10.1. The lowest BCUT2D eigenvalue weighted by Crippen LogP contribution is -2.10. The summed E-state index contributed by atoms with van der Waals surface area (Å²) in [5, 5.41) is 4.05. The zero-order chi connectivity index (χ0) is 8.97. The van der Waals surface area contributed by atoms with Crippen LogP contribution in [0.4, 0.5) is 0 Å². The van der Waals surface area contributed by atoms with Crippen molar-refractivity contribution in [3.63, 3.8) is 0 Å². The second-order valence-electron chi connectivity index (χ2n) is 2.51. The van der Waals surface area contributed by atoms with E-state index in [0.29, 0.717) is 0 Å². The summed E-state index contributed by atoms with van der Waals surface area (Å²) in [6.07, 6.45) is 3.81. The fourth-order valence-corrected chi connectivity index (χ4v) is 1.26. The second kappa shape index (κ2) is 4.04. The Balaban J connectivity index is 0.000000336. The maximum absolute atomic E-state index is 4.09. The number of fused-ring (bicyclic) bond motifs is 1. The van der Waals surface area contributed by atoms with E-state index < -0.39 is 0 Å². The number of rotatable bonds is 0. The zero-order valence-electron chi connectivity index (χ0n) is 7.75. The van der Waals surface area contributed by atoms with Gasteiger partial charge in [-0.1, -0.05) is 20.4 Å². The lowest BCUT2D eigenvalue weighted by molar-refractivity contribution is 0.552. The highest BCUT2D eigenvalue weighted by atomic mass is 15.3. The van der Waals surface area contributed by atoms with Gasteiger partial charge in [0.2, 0.25) is 0 Å². The molecule has 0 aromatic carbocycles. The van der Waals surface area contributed by atoms with Gasteiger partial charge in [-0.15, -0.1) is 0 Å². The van der Waals surface area contributed by atoms with Crippen LogP contribution in [0.3, 0.4) is 0 Å². The molecule has 2 heterocycles. The molecule has 2 rings (SSSR count). The topological polar surface area (TPSA) is 30.7 Å². The number of allylic oxidation sites excluding steroid dienone is 1. The third kappa shape index (κ3) is 1.55. The predicted molar refractivity (Wildman–Crippen MR) is 49.6 cm³/mol. The van der Waals surface area contributed by atoms with Crippen LogP contribution in [0, 0.1) is 0 Å². The van der Waals surface area contributed by atoms with Gasteiger partial charge >= 0.3 is 0 Å². The molecular weight excluding hydrogens is 150 g/mol. The zero-order valence-corrected chi connectivity index (χ0v) is 7.75. The first-order valence-corrected chi connectivity index (χ1v) is 4.44. The smallest absolute Gasteiger partial charge is 0.153 e. The standard InChI is InChI=1S/C7H9N3.C2H6/c1-6-3-2-4-10-7(6)8-5-9-10;1-2/h5H,1-4H2;1-2H3. The highest BCUT2D eigenvalue weighted by molar-refractivity contribution is 5.57. The molecular formula is C9H15N3. The Hall–Kier alpha value is -1.12. The fraction of sp³-hybridized carbons (Fsp3) is 0.556. The third-order valence-corrected chi connectivity index (χ3v) is 1.78. The summed E-state index contributed by atoms with van der Waals surface area (Å²) in [7, 11) is 0. The van der Waals surface area contributed by atoms with E-state index in [4.69, 9.17) is 0 Å². The van der Waals surface area contributed by atoms with Gasteiger partial charge in [0.25, 0.3) is 0 Å². The predicted octanol–water partition coefficient (Wildman–Crippen LogP) is 2.11. The summed E-state index contributed by atoms with van der Waals surface area (Å²) in [5.41, 5.74) is 1.11. The summed E-state index contributed by atoms with van der Waals surface area (Å²) in [5.74, 6) is 0.964. The van der Waals surface area contributed by atoms with Crippen molar-refractivity contribution >= 4 is 5.57 Å². The van der Waals surface area contributed by atoms with Crippen LogP contribution >= 0.6 is 0 Å². The van der Waals surface area contributed by atoms with Crippen LogP contribution in [0.25, 0.3) is 5.57 Å². The van der Waals surface area contributed by atoms with Crippen LogP contribution in [0.1, 0.15) is 32.5 Å². The summed E-state index contributed by atoms with van der Waals surface area (Å²) < 4.78 is 1.91. The fourth-order valence-electron chi connectivity index (χ4n) is 1.26. The van der Waals surface area contributed by atoms with Crippen molar-refractivity contribution in [1.29, 1.82) is 0 Å². The molecule has 3 heteroatoms. The summed E-state index contributed by atoms with van der Waals surface area (Å²) in [6.45, 7) is 8.90. The van der Waals surface area contributed by atoms with Crippen molar-refractivity contribution in [2.75, 3.05) is 0 Å². The van der Waals surface area contributed by atoms with Crippen molar-refractivity contribution in [2.24, 2.45) is 0 Å². The van der Waals surface area contributed by atoms with Crippen molar-refractivity contribution in [1.82, 2.24) is 14.8 Å². The van der Waals surface area contributed by atoms with E-state index in [-0.39, 0.29) is 0 Å². The van der Waals surface area contributed by atoms with Gasteiger partial charge in [0, 0.05) is 6.54 Å². The van der Waals surface area contributed by atoms with E-state index in [1.54, 1.807) is 6.33 Å². The molecule has 1 aromatic rings. The highest BCUT2D eigenvalue weighted by Crippen LogP contribution is 2.20. The van der Waals surface area contributed by atoms with Gasteiger partial charge in [0.05, 0.1) is 0 Å². The first-order valence-electron chi connectivity index (χ1n) is 4.44. The van der Waals surface area contributed by atoms with Gasteiger partial charge in [-0.05, 0) is 18.4 Å². The largest absolute Gasteiger partial charge is 0.246 e. The molecule has 0 radical (unpaired) electrons. The van der Waals surface area contributed by atoms with Crippen molar-refractivity contribution in [2.45, 2.75) is 33.2 Å². The van der Waals surface area contributed by atoms with Crippen LogP contribution in [0.5, 0.6) is 0 Å². The first kappa shape index (κ1) is 8.97. The maximum atomic E-state index is 4.09. The van der Waals surface area contributed by atoms with Crippen molar-refractivity contribution in [3.05, 3.63) is 18.7 Å². The van der Waals surface area contributed by atoms with Gasteiger partial charge in [-0.25, -0.2) is 9.67 Å². The minimum absolute atomic E-state index is 0.964. The van der Waals surface area contributed by atoms with Gasteiger partial charge in [-0.3, -0.25) is 0 Å². The minimum Gasteiger partial charge on any atom is -0.246 e. The number of hydrogen-bond acceptors (Lipinski definition) is 2. The van der Waals surface area contributed by atoms with Gasteiger partial charge in [0.1, 0.15) is 6.33 Å². The molecule has 12 heavy (non-hydrogen) atoms. The Kier molecular flexibility index (Phi) is 3.02. The molecule has 0 fully saturated rings. The third-order valence-electron chi connectivity index (χ3n) is 1.78.